The Morgan fingerprint density at radius 1 is 1.35 bits per heavy atom. The molecule has 0 heterocycles. The first-order valence-corrected chi connectivity index (χ1v) is 6.36. The van der Waals surface area contributed by atoms with Crippen molar-refractivity contribution in [2.45, 2.75) is 25.8 Å². The van der Waals surface area contributed by atoms with E-state index in [0.29, 0.717) is 13.0 Å². The van der Waals surface area contributed by atoms with Crippen LogP contribution in [0.15, 0.2) is 24.3 Å². The minimum absolute atomic E-state index is 0.148. The fraction of sp³-hybridized carbons (Fsp3) is 0.429. The first-order valence-electron chi connectivity index (χ1n) is 6.36. The lowest BCUT2D eigenvalue weighted by atomic mass is 10.2. The van der Waals surface area contributed by atoms with Crippen molar-refractivity contribution in [1.29, 1.82) is 0 Å². The van der Waals surface area contributed by atoms with Crippen LogP contribution < -0.4 is 10.1 Å². The normalized spacial score (nSPS) is 11.7. The van der Waals surface area contributed by atoms with Crippen LogP contribution in [0.25, 0.3) is 0 Å². The maximum atomic E-state index is 11.5. The smallest absolute Gasteiger partial charge is 0.328 e. The molecule has 0 aromatic heterocycles. The number of ether oxygens (including phenoxy) is 1. The summed E-state index contributed by atoms with van der Waals surface area (Å²) in [5.74, 6) is -0.900. The van der Waals surface area contributed by atoms with Crippen LogP contribution in [0, 0.1) is 6.92 Å². The Labute approximate surface area is 117 Å². The van der Waals surface area contributed by atoms with E-state index in [1.807, 2.05) is 31.2 Å². The van der Waals surface area contributed by atoms with Gasteiger partial charge < -0.3 is 20.3 Å². The van der Waals surface area contributed by atoms with Crippen molar-refractivity contribution in [3.63, 3.8) is 0 Å². The molecule has 0 aliphatic carbocycles. The lowest BCUT2D eigenvalue weighted by molar-refractivity contribution is -0.142. The number of hydrogen-bond acceptors (Lipinski definition) is 4. The summed E-state index contributed by atoms with van der Waals surface area (Å²) in [7, 11) is 0. The zero-order valence-corrected chi connectivity index (χ0v) is 11.3. The first-order chi connectivity index (χ1) is 9.54. The summed E-state index contributed by atoms with van der Waals surface area (Å²) in [6.07, 6.45) is 0.619. The van der Waals surface area contributed by atoms with Crippen LogP contribution >= 0.6 is 0 Å². The summed E-state index contributed by atoms with van der Waals surface area (Å²) in [6.45, 7) is 1.68. The summed E-state index contributed by atoms with van der Waals surface area (Å²) >= 11 is 0. The van der Waals surface area contributed by atoms with Gasteiger partial charge in [0.2, 0.25) is 5.91 Å². The van der Waals surface area contributed by atoms with Crippen LogP contribution in [-0.4, -0.2) is 41.3 Å². The third kappa shape index (κ3) is 5.27. The van der Waals surface area contributed by atoms with Gasteiger partial charge in [-0.15, -0.1) is 0 Å². The van der Waals surface area contributed by atoms with Crippen LogP contribution in [0.1, 0.15) is 18.4 Å². The molecule has 1 aromatic rings. The highest BCUT2D eigenvalue weighted by molar-refractivity contribution is 5.83. The second-order valence-corrected chi connectivity index (χ2v) is 4.36. The van der Waals surface area contributed by atoms with Crippen LogP contribution in [0.3, 0.4) is 0 Å². The van der Waals surface area contributed by atoms with E-state index in [1.54, 1.807) is 0 Å². The zero-order valence-electron chi connectivity index (χ0n) is 11.3. The van der Waals surface area contributed by atoms with E-state index in [9.17, 15) is 9.59 Å². The Balaban J connectivity index is 2.26. The molecule has 0 saturated carbocycles. The highest BCUT2D eigenvalue weighted by Crippen LogP contribution is 2.16. The van der Waals surface area contributed by atoms with Gasteiger partial charge in [-0.1, -0.05) is 18.2 Å². The van der Waals surface area contributed by atoms with Crippen molar-refractivity contribution < 1.29 is 24.5 Å². The van der Waals surface area contributed by atoms with Gasteiger partial charge in [0, 0.05) is 6.42 Å². The van der Waals surface area contributed by atoms with Gasteiger partial charge in [-0.3, -0.25) is 4.79 Å². The van der Waals surface area contributed by atoms with E-state index in [-0.39, 0.29) is 6.42 Å². The quantitative estimate of drug-likeness (QED) is 0.610. The van der Waals surface area contributed by atoms with Crippen molar-refractivity contribution in [3.05, 3.63) is 29.8 Å². The van der Waals surface area contributed by atoms with Crippen LogP contribution in [0.5, 0.6) is 5.75 Å². The lowest BCUT2D eigenvalue weighted by Gasteiger charge is -2.12. The van der Waals surface area contributed by atoms with Crippen molar-refractivity contribution >= 4 is 11.9 Å². The number of carbonyl (C=O) groups is 2. The van der Waals surface area contributed by atoms with Crippen LogP contribution in [0.2, 0.25) is 0 Å². The third-order valence-electron chi connectivity index (χ3n) is 2.72. The number of para-hydroxylation sites is 1. The zero-order chi connectivity index (χ0) is 15.0. The number of carboxylic acids is 1. The average molecular weight is 281 g/mol. The summed E-state index contributed by atoms with van der Waals surface area (Å²) in [5, 5.41) is 19.7. The van der Waals surface area contributed by atoms with Crippen molar-refractivity contribution in [3.8, 4) is 5.75 Å². The highest BCUT2D eigenvalue weighted by Gasteiger charge is 2.18. The Morgan fingerprint density at radius 3 is 2.65 bits per heavy atom. The molecule has 0 spiro atoms. The Kier molecular flexibility index (Phi) is 6.52. The second kappa shape index (κ2) is 8.16. The molecule has 1 atom stereocenters. The number of aliphatic carboxylic acids is 1. The molecule has 1 rings (SSSR count). The number of carboxylic acid groups (broad SMARTS) is 1. The molecule has 6 heteroatoms. The van der Waals surface area contributed by atoms with E-state index < -0.39 is 24.5 Å². The number of aliphatic hydroxyl groups is 1. The topological polar surface area (TPSA) is 95.9 Å². The number of aliphatic hydroxyl groups excluding tert-OH is 1. The monoisotopic (exact) mass is 281 g/mol. The molecule has 0 saturated heterocycles. The summed E-state index contributed by atoms with van der Waals surface area (Å²) in [6, 6.07) is 6.31. The number of amides is 1. The van der Waals surface area contributed by atoms with E-state index in [4.69, 9.17) is 14.9 Å². The predicted octanol–water partition coefficient (Wildman–Crippen LogP) is 0.716. The van der Waals surface area contributed by atoms with Crippen LogP contribution in [0.4, 0.5) is 0 Å². The molecule has 0 aliphatic rings. The molecule has 0 fully saturated rings. The molecule has 6 nitrogen and oxygen atoms in total. The van der Waals surface area contributed by atoms with Gasteiger partial charge in [-0.05, 0) is 25.0 Å². The highest BCUT2D eigenvalue weighted by atomic mass is 16.5. The van der Waals surface area contributed by atoms with Gasteiger partial charge in [-0.2, -0.15) is 0 Å². The van der Waals surface area contributed by atoms with E-state index in [2.05, 4.69) is 5.32 Å². The number of nitrogens with one attached hydrogen (secondary N) is 1. The predicted molar refractivity (Wildman–Crippen MR) is 72.6 cm³/mol. The minimum atomic E-state index is -1.25. The molecular formula is C14H19NO5. The first kappa shape index (κ1) is 16.0. The molecule has 0 bridgehead atoms. The second-order valence-electron chi connectivity index (χ2n) is 4.36. The largest absolute Gasteiger partial charge is 0.493 e. The summed E-state index contributed by atoms with van der Waals surface area (Å²) in [4.78, 5) is 22.1. The molecule has 20 heavy (non-hydrogen) atoms. The third-order valence-corrected chi connectivity index (χ3v) is 2.72. The number of aryl methyl sites for hydroxylation is 1. The van der Waals surface area contributed by atoms with Crippen molar-refractivity contribution in [1.82, 2.24) is 5.32 Å². The van der Waals surface area contributed by atoms with Gasteiger partial charge in [0.15, 0.2) is 0 Å². The maximum Gasteiger partial charge on any atom is 0.328 e. The van der Waals surface area contributed by atoms with Gasteiger partial charge in [0.1, 0.15) is 11.8 Å². The van der Waals surface area contributed by atoms with Crippen LogP contribution in [-0.2, 0) is 9.59 Å². The summed E-state index contributed by atoms with van der Waals surface area (Å²) in [5.41, 5.74) is 1.02. The number of rotatable bonds is 8. The van der Waals surface area contributed by atoms with Crippen molar-refractivity contribution in [2.24, 2.45) is 0 Å². The summed E-state index contributed by atoms with van der Waals surface area (Å²) < 4.78 is 5.52. The van der Waals surface area contributed by atoms with Gasteiger partial charge in [-0.25, -0.2) is 4.79 Å². The molecule has 110 valence electrons. The number of hydrogen-bond donors (Lipinski definition) is 3. The lowest BCUT2D eigenvalue weighted by Crippen LogP contribution is -2.43. The molecule has 0 aliphatic heterocycles. The fourth-order valence-corrected chi connectivity index (χ4v) is 1.59. The fourth-order valence-electron chi connectivity index (χ4n) is 1.59. The maximum absolute atomic E-state index is 11.5. The van der Waals surface area contributed by atoms with Crippen molar-refractivity contribution in [2.75, 3.05) is 13.2 Å². The molecule has 0 radical (unpaired) electrons. The molecule has 1 amide bonds. The van der Waals surface area contributed by atoms with E-state index in [0.717, 1.165) is 11.3 Å². The Hall–Kier alpha value is -2.08. The molecule has 0 unspecified atom stereocenters. The Bertz CT molecular complexity index is 461. The number of carbonyl (C=O) groups excluding carboxylic acids is 1. The van der Waals surface area contributed by atoms with Gasteiger partial charge in [0.05, 0.1) is 13.2 Å². The van der Waals surface area contributed by atoms with Gasteiger partial charge >= 0.3 is 5.97 Å². The standard InChI is InChI=1S/C14H19NO5/c1-10-5-2-3-6-12(10)20-8-4-7-13(17)15-11(9-16)14(18)19/h2-3,5-6,11,16H,4,7-9H2,1H3,(H,15,17)(H,18,19)/t11-/m1/s1. The Morgan fingerprint density at radius 2 is 2.05 bits per heavy atom. The number of benzene rings is 1. The average Bonchev–Trinajstić information content (AvgIpc) is 2.42. The molecule has 3 N–H and O–H groups in total. The minimum Gasteiger partial charge on any atom is -0.493 e. The van der Waals surface area contributed by atoms with Gasteiger partial charge in [0.25, 0.3) is 0 Å². The van der Waals surface area contributed by atoms with E-state index in [1.165, 1.54) is 0 Å². The SMILES string of the molecule is Cc1ccccc1OCCCC(=O)N[C@H](CO)C(=O)O. The van der Waals surface area contributed by atoms with E-state index >= 15 is 0 Å². The molecule has 1 aromatic carbocycles. The molecular weight excluding hydrogens is 262 g/mol.